The van der Waals surface area contributed by atoms with E-state index in [1.165, 1.54) is 7.11 Å². The van der Waals surface area contributed by atoms with Crippen LogP contribution in [0.1, 0.15) is 5.69 Å². The first-order chi connectivity index (χ1) is 6.74. The second-order valence-electron chi connectivity index (χ2n) is 2.62. The van der Waals surface area contributed by atoms with Crippen molar-refractivity contribution >= 4 is 29.1 Å². The third kappa shape index (κ3) is 3.65. The first-order valence-electron chi connectivity index (χ1n) is 4.02. The van der Waals surface area contributed by atoms with E-state index in [1.54, 1.807) is 28.6 Å². The molecule has 1 aromatic rings. The highest BCUT2D eigenvalue weighted by Gasteiger charge is 2.13. The predicted molar refractivity (Wildman–Crippen MR) is 58.3 cm³/mol. The predicted octanol–water partition coefficient (Wildman–Crippen LogP) is 0.877. The zero-order valence-electron chi connectivity index (χ0n) is 7.80. The van der Waals surface area contributed by atoms with Crippen LogP contribution in [-0.2, 0) is 15.3 Å². The van der Waals surface area contributed by atoms with Gasteiger partial charge < -0.3 is 10.5 Å². The number of thiazole rings is 1. The fourth-order valence-electron chi connectivity index (χ4n) is 0.819. The lowest BCUT2D eigenvalue weighted by Gasteiger charge is -2.07. The standard InChI is InChI=1S/C8H12N2O2S2/c1-12-8(11)7(9)4-13-2-6-3-14-5-10-6/h3,5,7H,2,4,9H2,1H3. The van der Waals surface area contributed by atoms with Gasteiger partial charge in [-0.05, 0) is 0 Å². The number of esters is 1. The lowest BCUT2D eigenvalue weighted by molar-refractivity contribution is -0.141. The number of aromatic nitrogens is 1. The summed E-state index contributed by atoms with van der Waals surface area (Å²) in [5, 5.41) is 1.98. The number of carbonyl (C=O) groups excluding carboxylic acids is 1. The maximum Gasteiger partial charge on any atom is 0.323 e. The molecule has 4 nitrogen and oxygen atoms in total. The van der Waals surface area contributed by atoms with Crippen LogP contribution >= 0.6 is 23.1 Å². The second-order valence-corrected chi connectivity index (χ2v) is 4.37. The Morgan fingerprint density at radius 3 is 3.21 bits per heavy atom. The molecule has 0 aromatic carbocycles. The largest absolute Gasteiger partial charge is 0.468 e. The SMILES string of the molecule is COC(=O)C(N)CSCc1cscn1. The van der Waals surface area contributed by atoms with Crippen molar-refractivity contribution in [2.24, 2.45) is 5.73 Å². The first kappa shape index (κ1) is 11.5. The molecule has 0 radical (unpaired) electrons. The maximum atomic E-state index is 10.9. The molecule has 2 N–H and O–H groups in total. The maximum absolute atomic E-state index is 10.9. The summed E-state index contributed by atoms with van der Waals surface area (Å²) < 4.78 is 4.51. The number of ether oxygens (including phenoxy) is 1. The molecule has 1 rings (SSSR count). The van der Waals surface area contributed by atoms with E-state index in [4.69, 9.17) is 5.73 Å². The summed E-state index contributed by atoms with van der Waals surface area (Å²) in [7, 11) is 1.34. The molecule has 1 atom stereocenters. The van der Waals surface area contributed by atoms with Gasteiger partial charge in [-0.25, -0.2) is 4.98 Å². The Morgan fingerprint density at radius 2 is 2.64 bits per heavy atom. The number of nitrogens with zero attached hydrogens (tertiary/aromatic N) is 1. The fraction of sp³-hybridized carbons (Fsp3) is 0.500. The molecule has 1 aromatic heterocycles. The molecular formula is C8H12N2O2S2. The second kappa shape index (κ2) is 6.00. The van der Waals surface area contributed by atoms with Crippen LogP contribution in [0.5, 0.6) is 0 Å². The van der Waals surface area contributed by atoms with Crippen molar-refractivity contribution in [2.45, 2.75) is 11.8 Å². The van der Waals surface area contributed by atoms with Crippen LogP contribution in [0.25, 0.3) is 0 Å². The minimum atomic E-state index is -0.538. The highest BCUT2D eigenvalue weighted by Crippen LogP contribution is 2.12. The minimum absolute atomic E-state index is 0.365. The average Bonchev–Trinajstić information content (AvgIpc) is 2.69. The van der Waals surface area contributed by atoms with Gasteiger partial charge in [-0.1, -0.05) is 0 Å². The molecule has 14 heavy (non-hydrogen) atoms. The fourth-order valence-corrected chi connectivity index (χ4v) is 2.36. The van der Waals surface area contributed by atoms with Crippen LogP contribution in [0, 0.1) is 0 Å². The summed E-state index contributed by atoms with van der Waals surface area (Å²) in [6.07, 6.45) is 0. The monoisotopic (exact) mass is 232 g/mol. The summed E-state index contributed by atoms with van der Waals surface area (Å²) >= 11 is 3.14. The van der Waals surface area contributed by atoms with Crippen LogP contribution < -0.4 is 5.73 Å². The van der Waals surface area contributed by atoms with E-state index in [1.807, 2.05) is 5.38 Å². The summed E-state index contributed by atoms with van der Waals surface area (Å²) in [5.41, 5.74) is 8.37. The quantitative estimate of drug-likeness (QED) is 0.763. The van der Waals surface area contributed by atoms with Crippen molar-refractivity contribution in [3.8, 4) is 0 Å². The number of methoxy groups -OCH3 is 1. The van der Waals surface area contributed by atoms with Gasteiger partial charge in [0.25, 0.3) is 0 Å². The van der Waals surface area contributed by atoms with Gasteiger partial charge in [0.15, 0.2) is 0 Å². The van der Waals surface area contributed by atoms with Crippen LogP contribution in [-0.4, -0.2) is 29.9 Å². The Balaban J connectivity index is 2.18. The van der Waals surface area contributed by atoms with Crippen LogP contribution in [0.2, 0.25) is 0 Å². The van der Waals surface area contributed by atoms with Crippen LogP contribution in [0.3, 0.4) is 0 Å². The van der Waals surface area contributed by atoms with Crippen molar-refractivity contribution in [3.05, 3.63) is 16.6 Å². The average molecular weight is 232 g/mol. The van der Waals surface area contributed by atoms with Crippen molar-refractivity contribution in [1.29, 1.82) is 0 Å². The van der Waals surface area contributed by atoms with E-state index in [0.29, 0.717) is 5.75 Å². The lowest BCUT2D eigenvalue weighted by atomic mass is 10.4. The zero-order chi connectivity index (χ0) is 10.4. The summed E-state index contributed by atoms with van der Waals surface area (Å²) in [5.74, 6) is 0.981. The van der Waals surface area contributed by atoms with E-state index in [0.717, 1.165) is 11.4 Å². The Bertz CT molecular complexity index is 277. The van der Waals surface area contributed by atoms with Gasteiger partial charge >= 0.3 is 5.97 Å². The smallest absolute Gasteiger partial charge is 0.323 e. The lowest BCUT2D eigenvalue weighted by Crippen LogP contribution is -2.33. The van der Waals surface area contributed by atoms with Crippen molar-refractivity contribution in [2.75, 3.05) is 12.9 Å². The number of hydrogen-bond acceptors (Lipinski definition) is 6. The Hall–Kier alpha value is -0.590. The first-order valence-corrected chi connectivity index (χ1v) is 6.12. The van der Waals surface area contributed by atoms with E-state index < -0.39 is 6.04 Å². The molecular weight excluding hydrogens is 220 g/mol. The Kier molecular flexibility index (Phi) is 4.92. The molecule has 78 valence electrons. The van der Waals surface area contributed by atoms with Gasteiger partial charge in [-0.15, -0.1) is 11.3 Å². The van der Waals surface area contributed by atoms with Crippen LogP contribution in [0.15, 0.2) is 10.9 Å². The molecule has 1 heterocycles. The van der Waals surface area contributed by atoms with Crippen LogP contribution in [0.4, 0.5) is 0 Å². The van der Waals surface area contributed by atoms with E-state index >= 15 is 0 Å². The molecule has 0 aliphatic carbocycles. The van der Waals surface area contributed by atoms with Gasteiger partial charge in [0.05, 0.1) is 18.3 Å². The molecule has 0 fully saturated rings. The molecule has 0 aliphatic rings. The normalized spacial score (nSPS) is 12.4. The van der Waals surface area contributed by atoms with Gasteiger partial charge in [0, 0.05) is 16.9 Å². The third-order valence-electron chi connectivity index (χ3n) is 1.53. The molecule has 0 amide bonds. The minimum Gasteiger partial charge on any atom is -0.468 e. The number of thioether (sulfide) groups is 1. The summed E-state index contributed by atoms with van der Waals surface area (Å²) in [6.45, 7) is 0. The molecule has 0 saturated heterocycles. The molecule has 0 bridgehead atoms. The van der Waals surface area contributed by atoms with Crippen molar-refractivity contribution < 1.29 is 9.53 Å². The van der Waals surface area contributed by atoms with Crippen molar-refractivity contribution in [1.82, 2.24) is 4.98 Å². The van der Waals surface area contributed by atoms with Crippen molar-refractivity contribution in [3.63, 3.8) is 0 Å². The Morgan fingerprint density at radius 1 is 1.86 bits per heavy atom. The highest BCUT2D eigenvalue weighted by molar-refractivity contribution is 7.98. The topological polar surface area (TPSA) is 65.2 Å². The van der Waals surface area contributed by atoms with E-state index in [-0.39, 0.29) is 5.97 Å². The summed E-state index contributed by atoms with van der Waals surface area (Å²) in [6, 6.07) is -0.538. The highest BCUT2D eigenvalue weighted by atomic mass is 32.2. The van der Waals surface area contributed by atoms with Gasteiger partial charge in [-0.2, -0.15) is 11.8 Å². The molecule has 1 unspecified atom stereocenters. The van der Waals surface area contributed by atoms with E-state index in [9.17, 15) is 4.79 Å². The number of hydrogen-bond donors (Lipinski definition) is 1. The van der Waals surface area contributed by atoms with Gasteiger partial charge in [0.1, 0.15) is 6.04 Å². The number of nitrogens with two attached hydrogens (primary N) is 1. The molecule has 0 saturated carbocycles. The Labute approximate surface area is 90.9 Å². The number of carbonyl (C=O) groups is 1. The zero-order valence-corrected chi connectivity index (χ0v) is 9.44. The molecule has 0 spiro atoms. The van der Waals surface area contributed by atoms with Gasteiger partial charge in [0.2, 0.25) is 0 Å². The molecule has 6 heteroatoms. The molecule has 0 aliphatic heterocycles. The van der Waals surface area contributed by atoms with E-state index in [2.05, 4.69) is 9.72 Å². The summed E-state index contributed by atoms with van der Waals surface area (Å²) in [4.78, 5) is 15.0. The van der Waals surface area contributed by atoms with Gasteiger partial charge in [-0.3, -0.25) is 4.79 Å². The number of rotatable bonds is 5. The third-order valence-corrected chi connectivity index (χ3v) is 3.26.